The van der Waals surface area contributed by atoms with Crippen LogP contribution in [0.15, 0.2) is 47.8 Å². The van der Waals surface area contributed by atoms with Crippen LogP contribution in [0, 0.1) is 23.6 Å². The van der Waals surface area contributed by atoms with Crippen LogP contribution in [0.4, 0.5) is 10.2 Å². The molecular weight excluding hydrogens is 345 g/mol. The molecule has 1 aromatic heterocycles. The highest BCUT2D eigenvalue weighted by molar-refractivity contribution is 5.96. The number of carbonyl (C=O) groups is 1. The minimum atomic E-state index is -0.438. The van der Waals surface area contributed by atoms with E-state index < -0.39 is 5.82 Å². The number of benzene rings is 2. The molecule has 0 spiro atoms. The number of nitrogens with one attached hydrogen (secondary N) is 1. The predicted octanol–water partition coefficient (Wildman–Crippen LogP) is 4.96. The summed E-state index contributed by atoms with van der Waals surface area (Å²) in [7, 11) is 0. The van der Waals surface area contributed by atoms with Gasteiger partial charge < -0.3 is 5.32 Å². The number of aryl methyl sites for hydroxylation is 1. The van der Waals surface area contributed by atoms with Crippen molar-refractivity contribution in [2.45, 2.75) is 26.3 Å². The Morgan fingerprint density at radius 3 is 2.78 bits per heavy atom. The van der Waals surface area contributed by atoms with Crippen molar-refractivity contribution < 1.29 is 9.18 Å². The van der Waals surface area contributed by atoms with E-state index in [-0.39, 0.29) is 18.4 Å². The topological polar surface area (TPSA) is 71.4 Å². The second-order valence-electron chi connectivity index (χ2n) is 6.94. The van der Waals surface area contributed by atoms with Crippen molar-refractivity contribution in [2.24, 2.45) is 11.1 Å². The Morgan fingerprint density at radius 1 is 1.22 bits per heavy atom. The molecule has 136 valence electrons. The first-order valence-electron chi connectivity index (χ1n) is 8.84. The van der Waals surface area contributed by atoms with Crippen LogP contribution in [0.2, 0.25) is 0 Å². The zero-order chi connectivity index (χ0) is 19.0. The van der Waals surface area contributed by atoms with E-state index in [0.717, 1.165) is 40.3 Å². The van der Waals surface area contributed by atoms with E-state index in [9.17, 15) is 14.1 Å². The molecule has 0 bridgehead atoms. The van der Waals surface area contributed by atoms with E-state index in [1.165, 1.54) is 6.07 Å². The number of rotatable bonds is 5. The highest BCUT2D eigenvalue weighted by Crippen LogP contribution is 2.31. The van der Waals surface area contributed by atoms with Crippen LogP contribution in [0.5, 0.6) is 0 Å². The van der Waals surface area contributed by atoms with Crippen LogP contribution in [0.25, 0.3) is 21.9 Å². The lowest BCUT2D eigenvalue weighted by molar-refractivity contribution is -0.117. The van der Waals surface area contributed by atoms with Crippen molar-refractivity contribution in [1.82, 2.24) is 4.98 Å². The summed E-state index contributed by atoms with van der Waals surface area (Å²) in [6.07, 6.45) is 3.60. The van der Waals surface area contributed by atoms with E-state index in [2.05, 4.69) is 15.5 Å². The molecule has 1 heterocycles. The second kappa shape index (κ2) is 6.87. The SMILES string of the molecule is Cc1cc(CN=O)c(F)cc1-c1ccc2cc(NC(=O)C3CC3)ncc2c1. The summed E-state index contributed by atoms with van der Waals surface area (Å²) in [5.74, 6) is 0.251. The van der Waals surface area contributed by atoms with Crippen LogP contribution in [-0.2, 0) is 11.3 Å². The molecule has 0 radical (unpaired) electrons. The zero-order valence-corrected chi connectivity index (χ0v) is 14.8. The standard InChI is InChI=1S/C21H18FN3O2/c1-12-6-17(11-24-27)19(22)9-18(12)15-5-4-14-8-20(23-10-16(14)7-15)25-21(26)13-2-3-13/h4-10,13H,2-3,11H2,1H3,(H,23,25,26). The number of aromatic nitrogens is 1. The first-order chi connectivity index (χ1) is 13.0. The quantitative estimate of drug-likeness (QED) is 0.651. The minimum Gasteiger partial charge on any atom is -0.310 e. The van der Waals surface area contributed by atoms with Gasteiger partial charge >= 0.3 is 0 Å². The predicted molar refractivity (Wildman–Crippen MR) is 103 cm³/mol. The summed E-state index contributed by atoms with van der Waals surface area (Å²) in [5, 5.41) is 7.45. The third-order valence-corrected chi connectivity index (χ3v) is 4.86. The smallest absolute Gasteiger partial charge is 0.228 e. The summed E-state index contributed by atoms with van der Waals surface area (Å²) >= 11 is 0. The zero-order valence-electron chi connectivity index (χ0n) is 14.8. The van der Waals surface area contributed by atoms with E-state index in [1.807, 2.05) is 31.2 Å². The van der Waals surface area contributed by atoms with Crippen molar-refractivity contribution in [2.75, 3.05) is 5.32 Å². The molecule has 1 amide bonds. The lowest BCUT2D eigenvalue weighted by atomic mass is 9.96. The molecule has 2 aromatic carbocycles. The lowest BCUT2D eigenvalue weighted by Crippen LogP contribution is -2.14. The van der Waals surface area contributed by atoms with Gasteiger partial charge in [0, 0.05) is 23.1 Å². The number of carbonyl (C=O) groups excluding carboxylic acids is 1. The van der Waals surface area contributed by atoms with Gasteiger partial charge in [0.15, 0.2) is 0 Å². The van der Waals surface area contributed by atoms with Gasteiger partial charge in [-0.3, -0.25) is 4.79 Å². The molecule has 1 aliphatic carbocycles. The molecule has 4 rings (SSSR count). The van der Waals surface area contributed by atoms with Gasteiger partial charge in [-0.25, -0.2) is 9.37 Å². The van der Waals surface area contributed by atoms with Crippen LogP contribution in [0.3, 0.4) is 0 Å². The molecule has 0 aliphatic heterocycles. The molecule has 0 atom stereocenters. The van der Waals surface area contributed by atoms with Crippen molar-refractivity contribution >= 4 is 22.5 Å². The lowest BCUT2D eigenvalue weighted by Gasteiger charge is -2.11. The summed E-state index contributed by atoms with van der Waals surface area (Å²) in [6.45, 7) is 1.70. The van der Waals surface area contributed by atoms with Crippen LogP contribution in [0.1, 0.15) is 24.0 Å². The Hall–Kier alpha value is -3.15. The number of hydrogen-bond acceptors (Lipinski definition) is 4. The molecule has 1 saturated carbocycles. The van der Waals surface area contributed by atoms with Gasteiger partial charge in [0.1, 0.15) is 18.2 Å². The number of pyridine rings is 1. The van der Waals surface area contributed by atoms with Gasteiger partial charge in [-0.05, 0) is 60.0 Å². The van der Waals surface area contributed by atoms with Crippen molar-refractivity contribution in [3.05, 3.63) is 64.4 Å². The van der Waals surface area contributed by atoms with Gasteiger partial charge in [0.2, 0.25) is 5.91 Å². The number of halogens is 1. The highest BCUT2D eigenvalue weighted by atomic mass is 19.1. The molecule has 1 aliphatic rings. The molecule has 27 heavy (non-hydrogen) atoms. The van der Waals surface area contributed by atoms with E-state index >= 15 is 0 Å². The Labute approximate surface area is 155 Å². The Balaban J connectivity index is 1.66. The average molecular weight is 363 g/mol. The maximum absolute atomic E-state index is 14.2. The summed E-state index contributed by atoms with van der Waals surface area (Å²) in [5.41, 5.74) is 2.79. The highest BCUT2D eigenvalue weighted by Gasteiger charge is 2.29. The van der Waals surface area contributed by atoms with Crippen LogP contribution < -0.4 is 5.32 Å². The van der Waals surface area contributed by atoms with E-state index in [0.29, 0.717) is 11.4 Å². The second-order valence-corrected chi connectivity index (χ2v) is 6.94. The number of anilines is 1. The first-order valence-corrected chi connectivity index (χ1v) is 8.84. The molecular formula is C21H18FN3O2. The number of amides is 1. The summed E-state index contributed by atoms with van der Waals surface area (Å²) in [4.78, 5) is 26.6. The monoisotopic (exact) mass is 363 g/mol. The van der Waals surface area contributed by atoms with Gasteiger partial charge in [0.05, 0.1) is 0 Å². The number of hydrogen-bond donors (Lipinski definition) is 1. The third kappa shape index (κ3) is 3.56. The van der Waals surface area contributed by atoms with Crippen molar-refractivity contribution in [1.29, 1.82) is 0 Å². The summed E-state index contributed by atoms with van der Waals surface area (Å²) < 4.78 is 14.2. The van der Waals surface area contributed by atoms with Crippen LogP contribution >= 0.6 is 0 Å². The summed E-state index contributed by atoms with van der Waals surface area (Å²) in [6, 6.07) is 10.7. The molecule has 0 saturated heterocycles. The Kier molecular flexibility index (Phi) is 4.39. The van der Waals surface area contributed by atoms with E-state index in [4.69, 9.17) is 0 Å². The molecule has 3 aromatic rings. The molecule has 6 heteroatoms. The average Bonchev–Trinajstić information content (AvgIpc) is 3.49. The van der Waals surface area contributed by atoms with E-state index in [1.54, 1.807) is 12.3 Å². The third-order valence-electron chi connectivity index (χ3n) is 4.86. The van der Waals surface area contributed by atoms with Crippen molar-refractivity contribution in [3.8, 4) is 11.1 Å². The number of nitroso groups, excluding NO2 is 1. The van der Waals surface area contributed by atoms with Gasteiger partial charge in [-0.1, -0.05) is 23.4 Å². The fourth-order valence-corrected chi connectivity index (χ4v) is 3.19. The Bertz CT molecular complexity index is 1060. The number of nitrogens with zero attached hydrogens (tertiary/aromatic N) is 2. The van der Waals surface area contributed by atoms with Gasteiger partial charge in [-0.15, -0.1) is 0 Å². The maximum atomic E-state index is 14.2. The molecule has 5 nitrogen and oxygen atoms in total. The van der Waals surface area contributed by atoms with Crippen LogP contribution in [-0.4, -0.2) is 10.9 Å². The fraction of sp³-hybridized carbons (Fsp3) is 0.238. The van der Waals surface area contributed by atoms with Crippen molar-refractivity contribution in [3.63, 3.8) is 0 Å². The van der Waals surface area contributed by atoms with Gasteiger partial charge in [-0.2, -0.15) is 4.91 Å². The number of fused-ring (bicyclic) bond motifs is 1. The molecule has 1 N–H and O–H groups in total. The normalized spacial score (nSPS) is 13.6. The largest absolute Gasteiger partial charge is 0.310 e. The van der Waals surface area contributed by atoms with Gasteiger partial charge in [0.25, 0.3) is 0 Å². The molecule has 1 fully saturated rings. The Morgan fingerprint density at radius 2 is 2.04 bits per heavy atom. The fourth-order valence-electron chi connectivity index (χ4n) is 3.19. The minimum absolute atomic E-state index is 0.0227. The maximum Gasteiger partial charge on any atom is 0.228 e. The first kappa shape index (κ1) is 17.3. The molecule has 0 unspecified atom stereocenters.